The molecule has 0 spiro atoms. The molecule has 1 heteroatoms. The molecule has 2 aromatic rings. The van der Waals surface area contributed by atoms with Crippen LogP contribution >= 0.6 is 0 Å². The number of hydrogen-bond acceptors (Lipinski definition) is 1. The maximum Gasteiger partial charge on any atom is 0.134 e. The summed E-state index contributed by atoms with van der Waals surface area (Å²) in [6, 6.07) is 22.3. The van der Waals surface area contributed by atoms with Crippen LogP contribution in [0.25, 0.3) is 0 Å². The Kier molecular flexibility index (Phi) is 6.11. The lowest BCUT2D eigenvalue weighted by atomic mass is 9.49. The van der Waals surface area contributed by atoms with Gasteiger partial charge in [-0.1, -0.05) is 90.1 Å². The fourth-order valence-electron chi connectivity index (χ4n) is 4.55. The first kappa shape index (κ1) is 20.4. The smallest absolute Gasteiger partial charge is 0.134 e. The second-order valence-electron chi connectivity index (χ2n) is 9.32. The van der Waals surface area contributed by atoms with Crippen molar-refractivity contribution in [2.24, 2.45) is 10.8 Å². The van der Waals surface area contributed by atoms with Gasteiger partial charge in [-0.25, -0.2) is 0 Å². The van der Waals surface area contributed by atoms with E-state index < -0.39 is 0 Å². The van der Waals surface area contributed by atoms with Crippen molar-refractivity contribution in [2.45, 2.75) is 66.2 Å². The molecule has 0 bridgehead atoms. The Morgan fingerprint density at radius 1 is 0.808 bits per heavy atom. The van der Waals surface area contributed by atoms with Crippen molar-refractivity contribution in [1.29, 1.82) is 0 Å². The van der Waals surface area contributed by atoms with Crippen LogP contribution in [0.3, 0.4) is 0 Å². The number of aryl methyl sites for hydroxylation is 1. The summed E-state index contributed by atoms with van der Waals surface area (Å²) < 4.78 is 0. The second-order valence-corrected chi connectivity index (χ2v) is 9.32. The molecule has 0 saturated carbocycles. The summed E-state index contributed by atoms with van der Waals surface area (Å²) in [5.74, 6) is 0.329. The molecular formula is C25H32O. The molecule has 138 valence electrons. The summed E-state index contributed by atoms with van der Waals surface area (Å²) >= 11 is 0. The minimum atomic E-state index is -0.239. The summed E-state index contributed by atoms with van der Waals surface area (Å²) in [4.78, 5) is 13.1. The van der Waals surface area contributed by atoms with E-state index >= 15 is 0 Å². The zero-order chi connectivity index (χ0) is 19.4. The molecule has 0 saturated heterocycles. The molecule has 0 heterocycles. The minimum Gasteiger partial charge on any atom is -0.300 e. The van der Waals surface area contributed by atoms with Crippen LogP contribution in [0.5, 0.6) is 0 Å². The van der Waals surface area contributed by atoms with Gasteiger partial charge in [0.1, 0.15) is 5.78 Å². The molecule has 0 unspecified atom stereocenters. The third-order valence-corrected chi connectivity index (χ3v) is 5.71. The first-order chi connectivity index (χ1) is 12.1. The van der Waals surface area contributed by atoms with Crippen LogP contribution in [0, 0.1) is 23.0 Å². The summed E-state index contributed by atoms with van der Waals surface area (Å²) in [6.45, 7) is 13.6. The zero-order valence-electron chi connectivity index (χ0n) is 17.1. The van der Waals surface area contributed by atoms with Gasteiger partial charge < -0.3 is 0 Å². The van der Waals surface area contributed by atoms with Crippen LogP contribution in [0.15, 0.2) is 48.5 Å². The number of Topliss-reactive ketones (excluding diaryl/α,β-unsaturated/α-hetero) is 1. The van der Waals surface area contributed by atoms with Crippen molar-refractivity contribution in [2.75, 3.05) is 0 Å². The van der Waals surface area contributed by atoms with Gasteiger partial charge in [0.05, 0.1) is 0 Å². The van der Waals surface area contributed by atoms with Gasteiger partial charge in [-0.15, -0.1) is 0 Å². The van der Waals surface area contributed by atoms with Gasteiger partial charge in [-0.3, -0.25) is 4.79 Å². The van der Waals surface area contributed by atoms with Crippen molar-refractivity contribution in [1.82, 2.24) is 0 Å². The van der Waals surface area contributed by atoms with Gasteiger partial charge >= 0.3 is 0 Å². The highest BCUT2D eigenvalue weighted by Gasteiger charge is 2.52. The van der Waals surface area contributed by atoms with E-state index in [1.54, 1.807) is 0 Å². The number of carbonyl (C=O) groups is 1. The predicted molar refractivity (Wildman–Crippen MR) is 109 cm³/mol. The number of carbonyl (C=O) groups excluding carboxylic acids is 1. The maximum atomic E-state index is 13.1. The first-order valence-electron chi connectivity index (χ1n) is 9.51. The SMILES string of the molecule is CC(C)(C)C(CC(=O)CCc1cc[c]cc1)(c1cc[c]cc1)C(C)(C)C. The van der Waals surface area contributed by atoms with Crippen molar-refractivity contribution in [3.8, 4) is 0 Å². The van der Waals surface area contributed by atoms with Crippen LogP contribution in [0.1, 0.15) is 65.5 Å². The highest BCUT2D eigenvalue weighted by molar-refractivity contribution is 5.80. The van der Waals surface area contributed by atoms with Crippen LogP contribution < -0.4 is 0 Å². The summed E-state index contributed by atoms with van der Waals surface area (Å²) in [7, 11) is 0. The molecule has 0 N–H and O–H groups in total. The van der Waals surface area contributed by atoms with Gasteiger partial charge in [0, 0.05) is 18.3 Å². The third kappa shape index (κ3) is 4.26. The molecule has 0 aromatic heterocycles. The molecule has 0 aliphatic rings. The molecule has 2 rings (SSSR count). The highest BCUT2D eigenvalue weighted by Crippen LogP contribution is 2.55. The molecule has 2 aromatic carbocycles. The Bertz CT molecular complexity index is 685. The Morgan fingerprint density at radius 3 is 1.73 bits per heavy atom. The highest BCUT2D eigenvalue weighted by atomic mass is 16.1. The lowest BCUT2D eigenvalue weighted by molar-refractivity contribution is -0.123. The fraction of sp³-hybridized carbons (Fsp3) is 0.480. The van der Waals surface area contributed by atoms with Gasteiger partial charge in [-0.05, 0) is 40.5 Å². The lowest BCUT2D eigenvalue weighted by Gasteiger charge is -2.54. The molecule has 0 atom stereocenters. The van der Waals surface area contributed by atoms with Gasteiger partial charge in [0.15, 0.2) is 0 Å². The van der Waals surface area contributed by atoms with Crippen molar-refractivity contribution >= 4 is 5.78 Å². The quantitative estimate of drug-likeness (QED) is 0.606. The maximum absolute atomic E-state index is 13.1. The Balaban J connectivity index is 2.34. The summed E-state index contributed by atoms with van der Waals surface area (Å²) in [5, 5.41) is 0. The van der Waals surface area contributed by atoms with E-state index in [9.17, 15) is 4.79 Å². The molecular weight excluding hydrogens is 316 g/mol. The number of ketones is 1. The predicted octanol–water partition coefficient (Wildman–Crippen LogP) is 6.21. The van der Waals surface area contributed by atoms with E-state index in [0.29, 0.717) is 18.6 Å². The van der Waals surface area contributed by atoms with Gasteiger partial charge in [0.25, 0.3) is 0 Å². The number of hydrogen-bond donors (Lipinski definition) is 0. The zero-order valence-corrected chi connectivity index (χ0v) is 17.1. The van der Waals surface area contributed by atoms with Crippen molar-refractivity contribution < 1.29 is 4.79 Å². The minimum absolute atomic E-state index is 0.0516. The molecule has 1 nitrogen and oxygen atoms in total. The third-order valence-electron chi connectivity index (χ3n) is 5.71. The average Bonchev–Trinajstić information content (AvgIpc) is 2.57. The normalized spacial score (nSPS) is 12.8. The topological polar surface area (TPSA) is 17.1 Å². The fourth-order valence-corrected chi connectivity index (χ4v) is 4.55. The van der Waals surface area contributed by atoms with Crippen LogP contribution in [-0.2, 0) is 16.6 Å². The van der Waals surface area contributed by atoms with Crippen molar-refractivity contribution in [3.05, 3.63) is 71.8 Å². The van der Waals surface area contributed by atoms with Crippen LogP contribution in [0.4, 0.5) is 0 Å². The number of benzene rings is 2. The molecule has 0 aliphatic carbocycles. The molecule has 0 aliphatic heterocycles. The largest absolute Gasteiger partial charge is 0.300 e. The van der Waals surface area contributed by atoms with Gasteiger partial charge in [-0.2, -0.15) is 0 Å². The second kappa shape index (κ2) is 7.78. The van der Waals surface area contributed by atoms with Crippen LogP contribution in [-0.4, -0.2) is 5.78 Å². The Labute approximate surface area is 159 Å². The Hall–Kier alpha value is -1.89. The lowest BCUT2D eigenvalue weighted by Crippen LogP contribution is -2.51. The van der Waals surface area contributed by atoms with E-state index in [-0.39, 0.29) is 16.2 Å². The van der Waals surface area contributed by atoms with Crippen molar-refractivity contribution in [3.63, 3.8) is 0 Å². The standard InChI is InChI=1S/C25H32O/c1-23(2,3)25(24(4,5)6,21-15-11-8-12-16-21)19-22(26)18-17-20-13-9-7-10-14-20/h9-16H,17-19H2,1-6H3. The molecule has 26 heavy (non-hydrogen) atoms. The molecule has 0 fully saturated rings. The average molecular weight is 349 g/mol. The molecule has 2 radical (unpaired) electrons. The summed E-state index contributed by atoms with van der Waals surface area (Å²) in [5.41, 5.74) is 2.09. The Morgan fingerprint density at radius 2 is 1.27 bits per heavy atom. The van der Waals surface area contributed by atoms with E-state index in [0.717, 1.165) is 6.42 Å². The van der Waals surface area contributed by atoms with E-state index in [1.165, 1.54) is 11.1 Å². The van der Waals surface area contributed by atoms with E-state index in [4.69, 9.17) is 0 Å². The first-order valence-corrected chi connectivity index (χ1v) is 9.51. The summed E-state index contributed by atoms with van der Waals surface area (Å²) in [6.07, 6.45) is 1.93. The van der Waals surface area contributed by atoms with E-state index in [1.807, 2.05) is 36.4 Å². The number of rotatable bonds is 6. The van der Waals surface area contributed by atoms with Gasteiger partial charge in [0.2, 0.25) is 0 Å². The van der Waals surface area contributed by atoms with E-state index in [2.05, 4.69) is 65.8 Å². The monoisotopic (exact) mass is 348 g/mol. The van der Waals surface area contributed by atoms with Crippen LogP contribution in [0.2, 0.25) is 0 Å². The molecule has 0 amide bonds.